The van der Waals surface area contributed by atoms with Crippen molar-refractivity contribution in [2.45, 2.75) is 25.3 Å². The van der Waals surface area contributed by atoms with Gasteiger partial charge in [-0.15, -0.1) is 0 Å². The molecule has 13 heavy (non-hydrogen) atoms. The predicted molar refractivity (Wildman–Crippen MR) is 57.1 cm³/mol. The van der Waals surface area contributed by atoms with Crippen LogP contribution in [0.1, 0.15) is 19.3 Å². The summed E-state index contributed by atoms with van der Waals surface area (Å²) in [6, 6.07) is 0.815. The van der Waals surface area contributed by atoms with Gasteiger partial charge in [0.05, 0.1) is 0 Å². The van der Waals surface area contributed by atoms with E-state index in [0.717, 1.165) is 12.6 Å². The van der Waals surface area contributed by atoms with E-state index in [1.54, 1.807) is 0 Å². The summed E-state index contributed by atoms with van der Waals surface area (Å²) in [5, 5.41) is 9.05. The number of aliphatic hydroxyl groups is 1. The average Bonchev–Trinajstić information content (AvgIpc) is 2.67. The number of hydrogen-bond acceptors (Lipinski definition) is 3. The van der Waals surface area contributed by atoms with Crippen molar-refractivity contribution in [3.05, 3.63) is 0 Å². The zero-order valence-electron chi connectivity index (χ0n) is 8.11. The molecule has 0 aromatic heterocycles. The highest BCUT2D eigenvalue weighted by Crippen LogP contribution is 2.26. The van der Waals surface area contributed by atoms with Crippen LogP contribution in [-0.2, 0) is 0 Å². The maximum atomic E-state index is 9.05. The Morgan fingerprint density at radius 3 is 2.92 bits per heavy atom. The summed E-state index contributed by atoms with van der Waals surface area (Å²) < 4.78 is 0. The molecule has 2 aliphatic rings. The molecule has 1 N–H and O–H groups in total. The Morgan fingerprint density at radius 2 is 2.31 bits per heavy atom. The molecule has 0 bridgehead atoms. The first kappa shape index (κ1) is 9.81. The molecular formula is C10H19NOS. The second-order valence-corrected chi connectivity index (χ2v) is 5.35. The molecular weight excluding hydrogens is 182 g/mol. The summed E-state index contributed by atoms with van der Waals surface area (Å²) in [4.78, 5) is 2.59. The van der Waals surface area contributed by atoms with Gasteiger partial charge in [0.1, 0.15) is 0 Å². The van der Waals surface area contributed by atoms with Crippen molar-refractivity contribution in [3.8, 4) is 0 Å². The molecule has 2 saturated heterocycles. The Hall–Kier alpha value is 0.270. The van der Waals surface area contributed by atoms with Gasteiger partial charge in [-0.25, -0.2) is 0 Å². The molecule has 0 saturated carbocycles. The monoisotopic (exact) mass is 201 g/mol. The fraction of sp³-hybridized carbons (Fsp3) is 1.00. The van der Waals surface area contributed by atoms with Crippen molar-refractivity contribution < 1.29 is 5.11 Å². The molecule has 0 aromatic rings. The van der Waals surface area contributed by atoms with Gasteiger partial charge in [0.2, 0.25) is 0 Å². The van der Waals surface area contributed by atoms with Gasteiger partial charge in [0.25, 0.3) is 0 Å². The van der Waals surface area contributed by atoms with Gasteiger partial charge in [-0.05, 0) is 37.5 Å². The molecule has 2 heterocycles. The molecule has 3 heteroatoms. The summed E-state index contributed by atoms with van der Waals surface area (Å²) in [5.41, 5.74) is 0. The van der Waals surface area contributed by atoms with Crippen LogP contribution in [0.3, 0.4) is 0 Å². The van der Waals surface area contributed by atoms with E-state index in [4.69, 9.17) is 5.11 Å². The van der Waals surface area contributed by atoms with Gasteiger partial charge < -0.3 is 5.11 Å². The highest BCUT2D eigenvalue weighted by Gasteiger charge is 2.28. The van der Waals surface area contributed by atoms with Gasteiger partial charge in [-0.2, -0.15) is 11.8 Å². The standard InChI is InChI=1S/C10H19NOS/c12-7-9-3-4-11(6-9)10-2-1-5-13-8-10/h9-10,12H,1-8H2. The van der Waals surface area contributed by atoms with Crippen LogP contribution in [0.15, 0.2) is 0 Å². The lowest BCUT2D eigenvalue weighted by molar-refractivity contribution is 0.200. The quantitative estimate of drug-likeness (QED) is 0.726. The third-order valence-electron chi connectivity index (χ3n) is 3.23. The molecule has 2 nitrogen and oxygen atoms in total. The van der Waals surface area contributed by atoms with Crippen LogP contribution in [0.4, 0.5) is 0 Å². The Morgan fingerprint density at radius 1 is 1.38 bits per heavy atom. The smallest absolute Gasteiger partial charge is 0.0471 e. The Labute approximate surface area is 84.7 Å². The fourth-order valence-corrected chi connectivity index (χ4v) is 3.54. The zero-order valence-corrected chi connectivity index (χ0v) is 8.93. The summed E-state index contributed by atoms with van der Waals surface area (Å²) in [6.07, 6.45) is 3.97. The van der Waals surface area contributed by atoms with Crippen LogP contribution in [0.2, 0.25) is 0 Å². The van der Waals surface area contributed by atoms with E-state index >= 15 is 0 Å². The van der Waals surface area contributed by atoms with Crippen LogP contribution in [-0.4, -0.2) is 47.3 Å². The first-order chi connectivity index (χ1) is 6.40. The van der Waals surface area contributed by atoms with Gasteiger partial charge in [0, 0.05) is 24.9 Å². The first-order valence-electron chi connectivity index (χ1n) is 5.33. The predicted octanol–water partition coefficient (Wildman–Crippen LogP) is 1.20. The Balaban J connectivity index is 1.80. The number of hydrogen-bond donors (Lipinski definition) is 1. The maximum Gasteiger partial charge on any atom is 0.0471 e. The third-order valence-corrected chi connectivity index (χ3v) is 4.43. The van der Waals surface area contributed by atoms with Crippen molar-refractivity contribution in [1.29, 1.82) is 0 Å². The minimum absolute atomic E-state index is 0.385. The van der Waals surface area contributed by atoms with Gasteiger partial charge in [-0.3, -0.25) is 4.90 Å². The number of likely N-dealkylation sites (tertiary alicyclic amines) is 1. The summed E-state index contributed by atoms with van der Waals surface area (Å²) >= 11 is 2.09. The number of thioether (sulfide) groups is 1. The van der Waals surface area contributed by atoms with Crippen LogP contribution in [0, 0.1) is 5.92 Å². The lowest BCUT2D eigenvalue weighted by atomic mass is 10.1. The fourth-order valence-electron chi connectivity index (χ4n) is 2.35. The van der Waals surface area contributed by atoms with Crippen molar-refractivity contribution in [3.63, 3.8) is 0 Å². The van der Waals surface area contributed by atoms with Crippen LogP contribution < -0.4 is 0 Å². The van der Waals surface area contributed by atoms with E-state index in [9.17, 15) is 0 Å². The molecule has 2 unspecified atom stereocenters. The molecule has 2 rings (SSSR count). The lowest BCUT2D eigenvalue weighted by Gasteiger charge is -2.30. The van der Waals surface area contributed by atoms with E-state index in [0.29, 0.717) is 12.5 Å². The molecule has 2 fully saturated rings. The highest BCUT2D eigenvalue weighted by molar-refractivity contribution is 7.99. The largest absolute Gasteiger partial charge is 0.396 e. The highest BCUT2D eigenvalue weighted by atomic mass is 32.2. The SMILES string of the molecule is OCC1CCN(C2CCCSC2)C1. The molecule has 0 aromatic carbocycles. The molecule has 2 aliphatic heterocycles. The minimum atomic E-state index is 0.385. The third kappa shape index (κ3) is 2.39. The van der Waals surface area contributed by atoms with Crippen molar-refractivity contribution >= 4 is 11.8 Å². The van der Waals surface area contributed by atoms with Gasteiger partial charge in [-0.1, -0.05) is 0 Å². The first-order valence-corrected chi connectivity index (χ1v) is 6.48. The van der Waals surface area contributed by atoms with Crippen molar-refractivity contribution in [2.24, 2.45) is 5.92 Å². The van der Waals surface area contributed by atoms with Crippen molar-refractivity contribution in [2.75, 3.05) is 31.2 Å². The number of rotatable bonds is 2. The average molecular weight is 201 g/mol. The Bertz CT molecular complexity index is 159. The minimum Gasteiger partial charge on any atom is -0.396 e. The van der Waals surface area contributed by atoms with Gasteiger partial charge in [0.15, 0.2) is 0 Å². The van der Waals surface area contributed by atoms with E-state index in [-0.39, 0.29) is 0 Å². The number of aliphatic hydroxyl groups excluding tert-OH is 1. The van der Waals surface area contributed by atoms with Gasteiger partial charge >= 0.3 is 0 Å². The molecule has 2 atom stereocenters. The molecule has 0 aliphatic carbocycles. The topological polar surface area (TPSA) is 23.5 Å². The molecule has 0 amide bonds. The van der Waals surface area contributed by atoms with E-state index < -0.39 is 0 Å². The summed E-state index contributed by atoms with van der Waals surface area (Å²) in [6.45, 7) is 2.74. The number of nitrogens with zero attached hydrogens (tertiary/aromatic N) is 1. The zero-order chi connectivity index (χ0) is 9.10. The van der Waals surface area contributed by atoms with Crippen molar-refractivity contribution in [1.82, 2.24) is 4.90 Å². The second-order valence-electron chi connectivity index (χ2n) is 4.20. The molecule has 0 radical (unpaired) electrons. The van der Waals surface area contributed by atoms with E-state index in [2.05, 4.69) is 16.7 Å². The maximum absolute atomic E-state index is 9.05. The van der Waals surface area contributed by atoms with Crippen LogP contribution >= 0.6 is 11.8 Å². The lowest BCUT2D eigenvalue weighted by Crippen LogP contribution is -2.37. The Kier molecular flexibility index (Phi) is 3.52. The van der Waals surface area contributed by atoms with Crippen LogP contribution in [0.25, 0.3) is 0 Å². The van der Waals surface area contributed by atoms with Crippen LogP contribution in [0.5, 0.6) is 0 Å². The molecule has 0 spiro atoms. The van der Waals surface area contributed by atoms with E-state index in [1.807, 2.05) is 0 Å². The summed E-state index contributed by atoms with van der Waals surface area (Å²) in [5.74, 6) is 3.23. The molecule has 76 valence electrons. The normalized spacial score (nSPS) is 36.7. The van der Waals surface area contributed by atoms with E-state index in [1.165, 1.54) is 37.3 Å². The summed E-state index contributed by atoms with van der Waals surface area (Å²) in [7, 11) is 0. The second kappa shape index (κ2) is 4.67.